The summed E-state index contributed by atoms with van der Waals surface area (Å²) < 4.78 is 34.3. The smallest absolute Gasteiger partial charge is 0.264 e. The molecular formula is C30H36ClN3O5S. The zero-order valence-electron chi connectivity index (χ0n) is 23.3. The molecule has 1 unspecified atom stereocenters. The van der Waals surface area contributed by atoms with Gasteiger partial charge in [0.15, 0.2) is 0 Å². The number of hydrogen-bond acceptors (Lipinski definition) is 5. The van der Waals surface area contributed by atoms with Crippen LogP contribution in [0, 0.1) is 6.92 Å². The lowest BCUT2D eigenvalue weighted by atomic mass is 10.1. The molecule has 10 heteroatoms. The van der Waals surface area contributed by atoms with Gasteiger partial charge in [-0.1, -0.05) is 48.4 Å². The Balaban J connectivity index is 2.01. The molecule has 3 aromatic rings. The molecule has 40 heavy (non-hydrogen) atoms. The van der Waals surface area contributed by atoms with Crippen molar-refractivity contribution in [1.82, 2.24) is 10.2 Å². The third-order valence-corrected chi connectivity index (χ3v) is 8.31. The van der Waals surface area contributed by atoms with Gasteiger partial charge in [0.25, 0.3) is 10.0 Å². The highest BCUT2D eigenvalue weighted by Crippen LogP contribution is 2.26. The molecule has 3 rings (SSSR count). The van der Waals surface area contributed by atoms with Crippen LogP contribution in [-0.2, 0) is 26.2 Å². The maximum Gasteiger partial charge on any atom is 0.264 e. The fourth-order valence-electron chi connectivity index (χ4n) is 4.05. The Morgan fingerprint density at radius 1 is 1.00 bits per heavy atom. The van der Waals surface area contributed by atoms with Crippen molar-refractivity contribution in [1.29, 1.82) is 0 Å². The van der Waals surface area contributed by atoms with E-state index in [0.29, 0.717) is 35.2 Å². The van der Waals surface area contributed by atoms with E-state index in [1.807, 2.05) is 20.8 Å². The van der Waals surface area contributed by atoms with Crippen molar-refractivity contribution in [2.45, 2.75) is 51.6 Å². The van der Waals surface area contributed by atoms with Gasteiger partial charge in [-0.15, -0.1) is 0 Å². The molecule has 0 heterocycles. The Morgan fingerprint density at radius 3 is 2.27 bits per heavy atom. The number of amides is 2. The summed E-state index contributed by atoms with van der Waals surface area (Å²) in [6.07, 6.45) is 0.738. The molecule has 2 amide bonds. The van der Waals surface area contributed by atoms with E-state index in [1.54, 1.807) is 67.6 Å². The van der Waals surface area contributed by atoms with Crippen LogP contribution in [0.2, 0.25) is 5.02 Å². The predicted molar refractivity (Wildman–Crippen MR) is 158 cm³/mol. The van der Waals surface area contributed by atoms with Crippen LogP contribution in [-0.4, -0.2) is 50.9 Å². The molecule has 0 spiro atoms. The number of sulfonamides is 1. The molecule has 0 bridgehead atoms. The summed E-state index contributed by atoms with van der Waals surface area (Å²) in [5.41, 5.74) is 1.99. The summed E-state index contributed by atoms with van der Waals surface area (Å²) in [7, 11) is -4.16. The van der Waals surface area contributed by atoms with Crippen LogP contribution < -0.4 is 14.4 Å². The summed E-state index contributed by atoms with van der Waals surface area (Å²) in [6, 6.07) is 19.1. The van der Waals surface area contributed by atoms with Gasteiger partial charge in [0.05, 0.1) is 17.2 Å². The van der Waals surface area contributed by atoms with Crippen molar-refractivity contribution >= 4 is 39.1 Å². The van der Waals surface area contributed by atoms with Crippen LogP contribution in [0.25, 0.3) is 0 Å². The Kier molecular flexibility index (Phi) is 11.0. The molecule has 0 saturated carbocycles. The highest BCUT2D eigenvalue weighted by molar-refractivity contribution is 7.92. The Morgan fingerprint density at radius 2 is 1.68 bits per heavy atom. The average Bonchev–Trinajstić information content (AvgIpc) is 2.94. The number of hydrogen-bond donors (Lipinski definition) is 1. The van der Waals surface area contributed by atoms with Crippen LogP contribution in [0.4, 0.5) is 5.69 Å². The summed E-state index contributed by atoms with van der Waals surface area (Å²) in [6.45, 7) is 7.77. The van der Waals surface area contributed by atoms with E-state index < -0.39 is 28.5 Å². The number of ether oxygens (including phenoxy) is 1. The van der Waals surface area contributed by atoms with E-state index in [2.05, 4.69) is 5.32 Å². The van der Waals surface area contributed by atoms with Gasteiger partial charge in [-0.3, -0.25) is 13.9 Å². The highest BCUT2D eigenvalue weighted by Gasteiger charge is 2.32. The lowest BCUT2D eigenvalue weighted by Gasteiger charge is -2.32. The van der Waals surface area contributed by atoms with Crippen molar-refractivity contribution in [3.05, 3.63) is 88.9 Å². The Bertz CT molecular complexity index is 1400. The van der Waals surface area contributed by atoms with Crippen molar-refractivity contribution in [3.8, 4) is 5.75 Å². The van der Waals surface area contributed by atoms with Gasteiger partial charge in [-0.2, -0.15) is 0 Å². The summed E-state index contributed by atoms with van der Waals surface area (Å²) in [4.78, 5) is 28.2. The van der Waals surface area contributed by atoms with Gasteiger partial charge in [0.1, 0.15) is 18.3 Å². The molecule has 0 aromatic heterocycles. The van der Waals surface area contributed by atoms with Crippen molar-refractivity contribution < 1.29 is 22.7 Å². The molecular weight excluding hydrogens is 550 g/mol. The second-order valence-electron chi connectivity index (χ2n) is 9.37. The van der Waals surface area contributed by atoms with Gasteiger partial charge >= 0.3 is 0 Å². The highest BCUT2D eigenvalue weighted by atomic mass is 35.5. The lowest BCUT2D eigenvalue weighted by Crippen LogP contribution is -2.51. The quantitative estimate of drug-likeness (QED) is 0.298. The number of nitrogens with zero attached hydrogens (tertiary/aromatic N) is 2. The van der Waals surface area contributed by atoms with Gasteiger partial charge < -0.3 is 15.0 Å². The number of benzene rings is 3. The van der Waals surface area contributed by atoms with Crippen LogP contribution in [0.5, 0.6) is 5.75 Å². The van der Waals surface area contributed by atoms with E-state index in [9.17, 15) is 18.0 Å². The number of aryl methyl sites for hydroxylation is 1. The van der Waals surface area contributed by atoms with E-state index in [1.165, 1.54) is 17.0 Å². The largest absolute Gasteiger partial charge is 0.494 e. The van der Waals surface area contributed by atoms with E-state index in [4.69, 9.17) is 16.3 Å². The third-order valence-electron chi connectivity index (χ3n) is 6.28. The van der Waals surface area contributed by atoms with Gasteiger partial charge in [0.2, 0.25) is 11.8 Å². The minimum absolute atomic E-state index is 0.0134. The van der Waals surface area contributed by atoms with Gasteiger partial charge in [-0.05, 0) is 81.3 Å². The number of rotatable bonds is 13. The Hall–Kier alpha value is -3.56. The second kappa shape index (κ2) is 14.2. The van der Waals surface area contributed by atoms with Crippen LogP contribution in [0.1, 0.15) is 38.3 Å². The fourth-order valence-corrected chi connectivity index (χ4v) is 5.68. The summed E-state index contributed by atoms with van der Waals surface area (Å²) >= 11 is 6.17. The third kappa shape index (κ3) is 7.99. The number of anilines is 1. The van der Waals surface area contributed by atoms with Crippen LogP contribution in [0.3, 0.4) is 0 Å². The molecule has 0 aliphatic rings. The van der Waals surface area contributed by atoms with E-state index in [-0.39, 0.29) is 17.3 Å². The predicted octanol–water partition coefficient (Wildman–Crippen LogP) is 5.19. The molecule has 8 nitrogen and oxygen atoms in total. The first-order valence-corrected chi connectivity index (χ1v) is 15.0. The lowest BCUT2D eigenvalue weighted by molar-refractivity contribution is -0.139. The second-order valence-corrected chi connectivity index (χ2v) is 11.7. The molecule has 3 aromatic carbocycles. The molecule has 0 fully saturated rings. The van der Waals surface area contributed by atoms with E-state index in [0.717, 1.165) is 16.3 Å². The normalized spacial score (nSPS) is 11.9. The maximum absolute atomic E-state index is 13.9. The van der Waals surface area contributed by atoms with Gasteiger partial charge in [0, 0.05) is 18.1 Å². The Labute approximate surface area is 241 Å². The van der Waals surface area contributed by atoms with E-state index >= 15 is 0 Å². The minimum atomic E-state index is -4.16. The molecule has 1 N–H and O–H groups in total. The van der Waals surface area contributed by atoms with Crippen LogP contribution >= 0.6 is 11.6 Å². The summed E-state index contributed by atoms with van der Waals surface area (Å²) in [5.74, 6) is -0.318. The zero-order chi connectivity index (χ0) is 29.3. The summed E-state index contributed by atoms with van der Waals surface area (Å²) in [5, 5.41) is 3.32. The number of halogens is 1. The van der Waals surface area contributed by atoms with Crippen molar-refractivity contribution in [3.63, 3.8) is 0 Å². The fraction of sp³-hybridized carbons (Fsp3) is 0.333. The average molecular weight is 586 g/mol. The molecule has 0 radical (unpaired) electrons. The molecule has 214 valence electrons. The monoisotopic (exact) mass is 585 g/mol. The minimum Gasteiger partial charge on any atom is -0.494 e. The topological polar surface area (TPSA) is 96.0 Å². The molecule has 0 aliphatic carbocycles. The number of carbonyl (C=O) groups is 2. The SMILES string of the molecule is CCCNC(=O)C(C)N(Cc1cccc(Cl)c1)C(=O)CN(c1ccc(C)cc1)S(=O)(=O)c1ccc(OCC)cc1. The first kappa shape index (κ1) is 31.0. The van der Waals surface area contributed by atoms with Crippen molar-refractivity contribution in [2.24, 2.45) is 0 Å². The standard InChI is InChI=1S/C30H36ClN3O5S/c1-5-18-32-30(36)23(4)33(20-24-8-7-9-25(31)19-24)29(35)21-34(26-12-10-22(3)11-13-26)40(37,38)28-16-14-27(15-17-28)39-6-2/h7-17,19,23H,5-6,18,20-21H2,1-4H3,(H,32,36). The van der Waals surface area contributed by atoms with Crippen LogP contribution in [0.15, 0.2) is 77.7 Å². The van der Waals surface area contributed by atoms with Crippen molar-refractivity contribution in [2.75, 3.05) is 24.0 Å². The number of carbonyl (C=O) groups excluding carboxylic acids is 2. The molecule has 1 atom stereocenters. The zero-order valence-corrected chi connectivity index (χ0v) is 24.8. The molecule has 0 saturated heterocycles. The molecule has 0 aliphatic heterocycles. The maximum atomic E-state index is 13.9. The number of nitrogens with one attached hydrogen (secondary N) is 1. The first-order chi connectivity index (χ1) is 19.1. The van der Waals surface area contributed by atoms with Gasteiger partial charge in [-0.25, -0.2) is 8.42 Å². The first-order valence-electron chi connectivity index (χ1n) is 13.2.